The summed E-state index contributed by atoms with van der Waals surface area (Å²) >= 11 is 0. The van der Waals surface area contributed by atoms with Crippen molar-refractivity contribution < 1.29 is 18.0 Å². The lowest BCUT2D eigenvalue weighted by atomic mass is 10.0. The second-order valence-corrected chi connectivity index (χ2v) is 8.33. The number of pyridine rings is 1. The zero-order chi connectivity index (χ0) is 25.8. The molecule has 0 radical (unpaired) electrons. The van der Waals surface area contributed by atoms with Gasteiger partial charge < -0.3 is 16.4 Å². The molecule has 35 heavy (non-hydrogen) atoms. The van der Waals surface area contributed by atoms with Crippen molar-refractivity contribution in [3.63, 3.8) is 0 Å². The highest BCUT2D eigenvalue weighted by molar-refractivity contribution is 6.06. The number of nitrogen functional groups attached to an aromatic ring is 1. The average molecular weight is 489 g/mol. The molecule has 1 unspecified atom stereocenters. The highest BCUT2D eigenvalue weighted by atomic mass is 19.4. The molecule has 8 nitrogen and oxygen atoms in total. The predicted molar refractivity (Wildman–Crippen MR) is 128 cm³/mol. The molecule has 0 saturated carbocycles. The molecule has 2 aromatic heterocycles. The summed E-state index contributed by atoms with van der Waals surface area (Å²) in [5.74, 6) is -1.10. The van der Waals surface area contributed by atoms with Gasteiger partial charge in [-0.3, -0.25) is 19.1 Å². The number of nitrogens with zero attached hydrogens (tertiary/aromatic N) is 3. The van der Waals surface area contributed by atoms with Crippen molar-refractivity contribution in [2.75, 3.05) is 17.6 Å². The van der Waals surface area contributed by atoms with Crippen LogP contribution in [0.25, 0.3) is 5.69 Å². The van der Waals surface area contributed by atoms with Gasteiger partial charge in [0.05, 0.1) is 23.1 Å². The predicted octanol–water partition coefficient (Wildman–Crippen LogP) is 3.86. The second kappa shape index (κ2) is 10.7. The van der Waals surface area contributed by atoms with E-state index in [0.29, 0.717) is 5.69 Å². The number of halogens is 3. The third-order valence-corrected chi connectivity index (χ3v) is 5.51. The fourth-order valence-electron chi connectivity index (χ4n) is 3.83. The van der Waals surface area contributed by atoms with Crippen LogP contribution in [0.3, 0.4) is 0 Å². The Morgan fingerprint density at radius 1 is 1.26 bits per heavy atom. The number of aromatic nitrogens is 3. The third-order valence-electron chi connectivity index (χ3n) is 5.51. The third kappa shape index (κ3) is 6.24. The molecular weight excluding hydrogens is 461 g/mol. The van der Waals surface area contributed by atoms with Crippen LogP contribution in [0.15, 0.2) is 47.8 Å². The van der Waals surface area contributed by atoms with Gasteiger partial charge in [-0.25, -0.2) is 4.98 Å². The van der Waals surface area contributed by atoms with Crippen LogP contribution in [0, 0.1) is 13.8 Å². The van der Waals surface area contributed by atoms with E-state index in [1.807, 2.05) is 0 Å². The van der Waals surface area contributed by atoms with Crippen LogP contribution in [-0.4, -0.2) is 33.0 Å². The number of nitrogens with two attached hydrogens (primary N) is 1. The van der Waals surface area contributed by atoms with E-state index in [0.717, 1.165) is 29.1 Å². The van der Waals surface area contributed by atoms with Crippen LogP contribution in [-0.2, 0) is 6.18 Å². The number of amides is 1. The molecule has 0 aliphatic carbocycles. The molecule has 1 aliphatic rings. The standard InChI is InChI=1S/C19H16F3N5O2.C5H11N/c1-10-6-12(19(20,21)22)7-11(2)15(10)27-9-25-16(23)14(18(27)29)17(28)26-13-4-3-5-24-8-13;1-5-3-2-4-6-5/h3-9H,23H2,1-2H3,(H,26,28);5-6H,2-4H2,1H3. The summed E-state index contributed by atoms with van der Waals surface area (Å²) < 4.78 is 40.1. The summed E-state index contributed by atoms with van der Waals surface area (Å²) in [6.07, 6.45) is 2.21. The first-order valence-electron chi connectivity index (χ1n) is 11.0. The van der Waals surface area contributed by atoms with Gasteiger partial charge in [-0.1, -0.05) is 0 Å². The Morgan fingerprint density at radius 2 is 1.94 bits per heavy atom. The first-order chi connectivity index (χ1) is 16.5. The molecule has 1 saturated heterocycles. The first kappa shape index (κ1) is 25.9. The van der Waals surface area contributed by atoms with Gasteiger partial charge in [0.2, 0.25) is 0 Å². The van der Waals surface area contributed by atoms with Crippen LogP contribution in [0.4, 0.5) is 24.7 Å². The fourth-order valence-corrected chi connectivity index (χ4v) is 3.83. The molecule has 1 aromatic carbocycles. The van der Waals surface area contributed by atoms with Crippen LogP contribution in [0.1, 0.15) is 46.8 Å². The van der Waals surface area contributed by atoms with Gasteiger partial charge in [-0.15, -0.1) is 0 Å². The van der Waals surface area contributed by atoms with Gasteiger partial charge >= 0.3 is 6.18 Å². The van der Waals surface area contributed by atoms with E-state index in [9.17, 15) is 22.8 Å². The maximum atomic E-state index is 13.0. The quantitative estimate of drug-likeness (QED) is 0.516. The number of carbonyl (C=O) groups is 1. The van der Waals surface area contributed by atoms with Crippen LogP contribution in [0.2, 0.25) is 0 Å². The molecule has 0 spiro atoms. The van der Waals surface area contributed by atoms with Crippen molar-refractivity contribution >= 4 is 17.4 Å². The number of rotatable bonds is 3. The molecule has 186 valence electrons. The lowest BCUT2D eigenvalue weighted by Crippen LogP contribution is -2.31. The van der Waals surface area contributed by atoms with Gasteiger partial charge in [0.1, 0.15) is 17.7 Å². The summed E-state index contributed by atoms with van der Waals surface area (Å²) in [7, 11) is 0. The number of hydrogen-bond acceptors (Lipinski definition) is 6. The molecule has 1 amide bonds. The maximum absolute atomic E-state index is 13.0. The molecule has 3 heterocycles. The minimum Gasteiger partial charge on any atom is -0.383 e. The Morgan fingerprint density at radius 3 is 2.43 bits per heavy atom. The van der Waals surface area contributed by atoms with Crippen molar-refractivity contribution in [2.24, 2.45) is 0 Å². The Balaban J connectivity index is 0.000000497. The normalized spacial score (nSPS) is 15.3. The highest BCUT2D eigenvalue weighted by Gasteiger charge is 2.32. The number of hydrogen-bond donors (Lipinski definition) is 3. The van der Waals surface area contributed by atoms with E-state index in [2.05, 4.69) is 27.5 Å². The van der Waals surface area contributed by atoms with Gasteiger partial charge in [-0.2, -0.15) is 13.2 Å². The molecule has 11 heteroatoms. The van der Waals surface area contributed by atoms with Crippen LogP contribution in [0.5, 0.6) is 0 Å². The second-order valence-electron chi connectivity index (χ2n) is 8.33. The van der Waals surface area contributed by atoms with E-state index >= 15 is 0 Å². The maximum Gasteiger partial charge on any atom is 0.416 e. The zero-order valence-electron chi connectivity index (χ0n) is 19.6. The van der Waals surface area contributed by atoms with Crippen molar-refractivity contribution in [2.45, 2.75) is 45.8 Å². The van der Waals surface area contributed by atoms with E-state index in [4.69, 9.17) is 5.73 Å². The summed E-state index contributed by atoms with van der Waals surface area (Å²) in [5, 5.41) is 5.81. The van der Waals surface area contributed by atoms with E-state index < -0.39 is 28.8 Å². The lowest BCUT2D eigenvalue weighted by Gasteiger charge is -2.17. The van der Waals surface area contributed by atoms with Gasteiger partial charge in [-0.05, 0) is 75.5 Å². The van der Waals surface area contributed by atoms with Gasteiger partial charge in [0.25, 0.3) is 11.5 Å². The van der Waals surface area contributed by atoms with Crippen LogP contribution >= 0.6 is 0 Å². The van der Waals surface area contributed by atoms with Gasteiger partial charge in [0.15, 0.2) is 0 Å². The molecule has 1 aliphatic heterocycles. The van der Waals surface area contributed by atoms with Crippen molar-refractivity contribution in [1.82, 2.24) is 19.9 Å². The molecular formula is C24H27F3N6O2. The molecule has 1 atom stereocenters. The molecule has 0 bridgehead atoms. The number of anilines is 2. The summed E-state index contributed by atoms with van der Waals surface area (Å²) in [6, 6.07) is 5.82. The van der Waals surface area contributed by atoms with Crippen molar-refractivity contribution in [3.8, 4) is 5.69 Å². The SMILES string of the molecule is CC1CCCN1.Cc1cc(C(F)(F)F)cc(C)c1-n1cnc(N)c(C(=O)Nc2cccnc2)c1=O. The topological polar surface area (TPSA) is 115 Å². The largest absolute Gasteiger partial charge is 0.416 e. The molecule has 4 rings (SSSR count). The number of alkyl halides is 3. The highest BCUT2D eigenvalue weighted by Crippen LogP contribution is 2.32. The Labute approximate surface area is 200 Å². The number of nitrogens with one attached hydrogen (secondary N) is 2. The molecule has 4 N–H and O–H groups in total. The number of carbonyl (C=O) groups excluding carboxylic acids is 1. The van der Waals surface area contributed by atoms with Gasteiger partial charge in [0, 0.05) is 12.2 Å². The number of benzene rings is 1. The summed E-state index contributed by atoms with van der Waals surface area (Å²) in [6.45, 7) is 6.35. The van der Waals surface area contributed by atoms with E-state index in [1.165, 1.54) is 45.6 Å². The van der Waals surface area contributed by atoms with Crippen molar-refractivity contribution in [3.05, 3.63) is 75.6 Å². The monoisotopic (exact) mass is 488 g/mol. The summed E-state index contributed by atoms with van der Waals surface area (Å²) in [5.41, 5.74) is 4.62. The minimum atomic E-state index is -4.52. The zero-order valence-corrected chi connectivity index (χ0v) is 19.6. The first-order valence-corrected chi connectivity index (χ1v) is 11.0. The minimum absolute atomic E-state index is 0.199. The van der Waals surface area contributed by atoms with E-state index in [-0.39, 0.29) is 22.6 Å². The smallest absolute Gasteiger partial charge is 0.383 e. The Kier molecular flexibility index (Phi) is 7.90. The van der Waals surface area contributed by atoms with E-state index in [1.54, 1.807) is 12.1 Å². The Bertz CT molecular complexity index is 1230. The molecule has 3 aromatic rings. The van der Waals surface area contributed by atoms with Crippen molar-refractivity contribution in [1.29, 1.82) is 0 Å². The summed E-state index contributed by atoms with van der Waals surface area (Å²) in [4.78, 5) is 33.3. The number of aryl methyl sites for hydroxylation is 2. The Hall–Kier alpha value is -3.73. The lowest BCUT2D eigenvalue weighted by molar-refractivity contribution is -0.137. The van der Waals surface area contributed by atoms with Crippen LogP contribution < -0.4 is 21.9 Å². The fraction of sp³-hybridized carbons (Fsp3) is 0.333. The molecule has 1 fully saturated rings. The average Bonchev–Trinajstić information content (AvgIpc) is 3.26.